The average Bonchev–Trinajstić information content (AvgIpc) is 2.47. The van der Waals surface area contributed by atoms with Gasteiger partial charge in [-0.25, -0.2) is 0 Å². The molecule has 0 bridgehead atoms. The minimum absolute atomic E-state index is 0.00120. The predicted molar refractivity (Wildman–Crippen MR) is 82.9 cm³/mol. The molecule has 0 saturated heterocycles. The Labute approximate surface area is 126 Å². The SMILES string of the molecule is COc1ccc(OCCNCC(=O)NCCN(C)C)cc1. The van der Waals surface area contributed by atoms with E-state index in [1.165, 1.54) is 0 Å². The van der Waals surface area contributed by atoms with E-state index in [0.29, 0.717) is 26.2 Å². The van der Waals surface area contributed by atoms with E-state index in [1.54, 1.807) is 7.11 Å². The van der Waals surface area contributed by atoms with Gasteiger partial charge in [0.05, 0.1) is 13.7 Å². The number of amides is 1. The van der Waals surface area contributed by atoms with Gasteiger partial charge in [0.2, 0.25) is 5.91 Å². The highest BCUT2D eigenvalue weighted by atomic mass is 16.5. The quantitative estimate of drug-likeness (QED) is 0.610. The first-order valence-electron chi connectivity index (χ1n) is 7.01. The molecule has 0 aromatic heterocycles. The normalized spacial score (nSPS) is 10.5. The molecular weight excluding hydrogens is 270 g/mol. The lowest BCUT2D eigenvalue weighted by molar-refractivity contribution is -0.120. The predicted octanol–water partition coefficient (Wildman–Crippen LogP) is 0.341. The monoisotopic (exact) mass is 295 g/mol. The Hall–Kier alpha value is -1.79. The van der Waals surface area contributed by atoms with Crippen LogP contribution in [0.15, 0.2) is 24.3 Å². The average molecular weight is 295 g/mol. The molecule has 0 radical (unpaired) electrons. The number of hydrogen-bond acceptors (Lipinski definition) is 5. The first-order valence-corrected chi connectivity index (χ1v) is 7.01. The zero-order valence-electron chi connectivity index (χ0n) is 13.0. The molecule has 0 fully saturated rings. The maximum Gasteiger partial charge on any atom is 0.234 e. The van der Waals surface area contributed by atoms with Crippen molar-refractivity contribution in [1.29, 1.82) is 0 Å². The van der Waals surface area contributed by atoms with Gasteiger partial charge in [-0.1, -0.05) is 0 Å². The molecule has 21 heavy (non-hydrogen) atoms. The molecule has 0 aliphatic rings. The molecule has 2 N–H and O–H groups in total. The van der Waals surface area contributed by atoms with Crippen LogP contribution < -0.4 is 20.1 Å². The smallest absolute Gasteiger partial charge is 0.234 e. The van der Waals surface area contributed by atoms with Crippen molar-refractivity contribution in [2.45, 2.75) is 0 Å². The molecule has 0 unspecified atom stereocenters. The second-order valence-corrected chi connectivity index (χ2v) is 4.85. The lowest BCUT2D eigenvalue weighted by Gasteiger charge is -2.11. The zero-order valence-corrected chi connectivity index (χ0v) is 13.0. The van der Waals surface area contributed by atoms with E-state index < -0.39 is 0 Å². The van der Waals surface area contributed by atoms with E-state index in [-0.39, 0.29) is 5.91 Å². The molecule has 1 rings (SSSR count). The zero-order chi connectivity index (χ0) is 15.5. The summed E-state index contributed by atoms with van der Waals surface area (Å²) in [5.74, 6) is 1.59. The Morgan fingerprint density at radius 1 is 1.14 bits per heavy atom. The second-order valence-electron chi connectivity index (χ2n) is 4.85. The van der Waals surface area contributed by atoms with Gasteiger partial charge in [0.15, 0.2) is 0 Å². The van der Waals surface area contributed by atoms with Crippen molar-refractivity contribution < 1.29 is 14.3 Å². The molecule has 1 amide bonds. The largest absolute Gasteiger partial charge is 0.497 e. The van der Waals surface area contributed by atoms with Gasteiger partial charge in [-0.3, -0.25) is 4.79 Å². The molecule has 118 valence electrons. The number of ether oxygens (including phenoxy) is 2. The Balaban J connectivity index is 2.04. The number of carbonyl (C=O) groups is 1. The number of benzene rings is 1. The number of rotatable bonds is 10. The molecule has 6 nitrogen and oxygen atoms in total. The van der Waals surface area contributed by atoms with E-state index in [4.69, 9.17) is 9.47 Å². The van der Waals surface area contributed by atoms with Crippen molar-refractivity contribution in [3.63, 3.8) is 0 Å². The van der Waals surface area contributed by atoms with Gasteiger partial charge in [0.25, 0.3) is 0 Å². The molecule has 1 aromatic rings. The van der Waals surface area contributed by atoms with Crippen LogP contribution in [0, 0.1) is 0 Å². The maximum absolute atomic E-state index is 11.5. The van der Waals surface area contributed by atoms with Crippen molar-refractivity contribution in [1.82, 2.24) is 15.5 Å². The van der Waals surface area contributed by atoms with Gasteiger partial charge in [0.1, 0.15) is 18.1 Å². The molecule has 0 spiro atoms. The summed E-state index contributed by atoms with van der Waals surface area (Å²) < 4.78 is 10.6. The van der Waals surface area contributed by atoms with Crippen LogP contribution in [0.3, 0.4) is 0 Å². The van der Waals surface area contributed by atoms with Crippen LogP contribution in [0.4, 0.5) is 0 Å². The highest BCUT2D eigenvalue weighted by molar-refractivity contribution is 5.77. The maximum atomic E-state index is 11.5. The minimum atomic E-state index is 0.00120. The van der Waals surface area contributed by atoms with E-state index in [9.17, 15) is 4.79 Å². The summed E-state index contributed by atoms with van der Waals surface area (Å²) >= 11 is 0. The fourth-order valence-corrected chi connectivity index (χ4v) is 1.60. The number of nitrogens with zero attached hydrogens (tertiary/aromatic N) is 1. The lowest BCUT2D eigenvalue weighted by atomic mass is 10.3. The van der Waals surface area contributed by atoms with Gasteiger partial charge in [-0.05, 0) is 38.4 Å². The van der Waals surface area contributed by atoms with Crippen LogP contribution in [-0.2, 0) is 4.79 Å². The van der Waals surface area contributed by atoms with Crippen molar-refractivity contribution in [3.8, 4) is 11.5 Å². The fraction of sp³-hybridized carbons (Fsp3) is 0.533. The third-order valence-corrected chi connectivity index (χ3v) is 2.77. The van der Waals surface area contributed by atoms with Gasteiger partial charge < -0.3 is 25.0 Å². The summed E-state index contributed by atoms with van der Waals surface area (Å²) in [6, 6.07) is 7.40. The van der Waals surface area contributed by atoms with Crippen molar-refractivity contribution in [2.24, 2.45) is 0 Å². The first kappa shape index (κ1) is 17.3. The number of hydrogen-bond donors (Lipinski definition) is 2. The van der Waals surface area contributed by atoms with Crippen LogP contribution in [0.2, 0.25) is 0 Å². The lowest BCUT2D eigenvalue weighted by Crippen LogP contribution is -2.38. The van der Waals surface area contributed by atoms with Gasteiger partial charge in [-0.15, -0.1) is 0 Å². The Morgan fingerprint density at radius 3 is 2.43 bits per heavy atom. The van der Waals surface area contributed by atoms with Crippen LogP contribution in [0.1, 0.15) is 0 Å². The van der Waals surface area contributed by atoms with Crippen LogP contribution in [-0.4, -0.2) is 64.8 Å². The highest BCUT2D eigenvalue weighted by Gasteiger charge is 2.00. The Kier molecular flexibility index (Phi) is 8.23. The van der Waals surface area contributed by atoms with E-state index in [2.05, 4.69) is 10.6 Å². The first-order chi connectivity index (χ1) is 10.1. The number of likely N-dealkylation sites (N-methyl/N-ethyl adjacent to an activating group) is 1. The summed E-state index contributed by atoms with van der Waals surface area (Å²) in [5, 5.41) is 5.88. The van der Waals surface area contributed by atoms with Gasteiger partial charge in [0, 0.05) is 19.6 Å². The summed E-state index contributed by atoms with van der Waals surface area (Å²) in [6.07, 6.45) is 0. The van der Waals surface area contributed by atoms with Crippen LogP contribution >= 0.6 is 0 Å². The van der Waals surface area contributed by atoms with Crippen molar-refractivity contribution in [2.75, 3.05) is 54.0 Å². The summed E-state index contributed by atoms with van der Waals surface area (Å²) in [6.45, 7) is 2.94. The number of carbonyl (C=O) groups excluding carboxylic acids is 1. The van der Waals surface area contributed by atoms with Gasteiger partial charge in [-0.2, -0.15) is 0 Å². The van der Waals surface area contributed by atoms with E-state index in [1.807, 2.05) is 43.3 Å². The van der Waals surface area contributed by atoms with E-state index in [0.717, 1.165) is 18.0 Å². The van der Waals surface area contributed by atoms with Crippen molar-refractivity contribution in [3.05, 3.63) is 24.3 Å². The summed E-state index contributed by atoms with van der Waals surface area (Å²) in [7, 11) is 5.57. The van der Waals surface area contributed by atoms with Crippen LogP contribution in [0.5, 0.6) is 11.5 Å². The topological polar surface area (TPSA) is 62.8 Å². The Morgan fingerprint density at radius 2 is 1.81 bits per heavy atom. The molecule has 1 aromatic carbocycles. The number of nitrogens with one attached hydrogen (secondary N) is 2. The highest BCUT2D eigenvalue weighted by Crippen LogP contribution is 2.16. The molecule has 0 aliphatic carbocycles. The number of methoxy groups -OCH3 is 1. The van der Waals surface area contributed by atoms with E-state index >= 15 is 0 Å². The third kappa shape index (κ3) is 8.16. The molecule has 6 heteroatoms. The standard InChI is InChI=1S/C15H25N3O3/c1-18(2)10-8-17-15(19)12-16-9-11-21-14-6-4-13(20-3)5-7-14/h4-7,16H,8-12H2,1-3H3,(H,17,19). The molecule has 0 saturated carbocycles. The third-order valence-electron chi connectivity index (χ3n) is 2.77. The molecule has 0 heterocycles. The summed E-state index contributed by atoms with van der Waals surface area (Å²) in [4.78, 5) is 13.5. The fourth-order valence-electron chi connectivity index (χ4n) is 1.60. The molecular formula is C15H25N3O3. The minimum Gasteiger partial charge on any atom is -0.497 e. The van der Waals surface area contributed by atoms with Gasteiger partial charge >= 0.3 is 0 Å². The van der Waals surface area contributed by atoms with Crippen LogP contribution in [0.25, 0.3) is 0 Å². The molecule has 0 atom stereocenters. The molecule has 0 aliphatic heterocycles. The second kappa shape index (κ2) is 10.0. The van der Waals surface area contributed by atoms with Crippen molar-refractivity contribution >= 4 is 5.91 Å². The summed E-state index contributed by atoms with van der Waals surface area (Å²) in [5.41, 5.74) is 0. The Bertz CT molecular complexity index is 407.